The van der Waals surface area contributed by atoms with E-state index in [1.165, 1.54) is 0 Å². The Morgan fingerprint density at radius 3 is 2.40 bits per heavy atom. The lowest BCUT2D eigenvalue weighted by molar-refractivity contribution is 0.0524. The molecule has 1 atom stereocenters. The summed E-state index contributed by atoms with van der Waals surface area (Å²) < 4.78 is 10.2. The van der Waals surface area contributed by atoms with E-state index in [4.69, 9.17) is 10.5 Å². The molecule has 160 valence electrons. The van der Waals surface area contributed by atoms with Gasteiger partial charge >= 0.3 is 0 Å². The van der Waals surface area contributed by atoms with E-state index in [-0.39, 0.29) is 17.2 Å². The van der Waals surface area contributed by atoms with E-state index in [0.717, 1.165) is 40.8 Å². The standard InChI is InChI=1S/C23H32N5OP/c1-15-10-16(17(13-24)14-25-30)6-7-19(15)20-8-9-21(27-26-20)29-18-11-22(2,3)28-23(4,5)12-18/h6-10,13-14,18,28H,11-12,24,30H2,1-5H3. The van der Waals surface area contributed by atoms with Crippen molar-refractivity contribution in [3.05, 3.63) is 47.7 Å². The topological polar surface area (TPSA) is 85.4 Å². The molecule has 2 aromatic rings. The van der Waals surface area contributed by atoms with E-state index >= 15 is 0 Å². The molecule has 0 saturated carbocycles. The minimum atomic E-state index is 0.0244. The first kappa shape index (κ1) is 22.4. The molecular weight excluding hydrogens is 393 g/mol. The molecule has 0 amide bonds. The Balaban J connectivity index is 1.76. The number of nitrogens with one attached hydrogen (secondary N) is 1. The van der Waals surface area contributed by atoms with Gasteiger partial charge in [0.25, 0.3) is 0 Å². The van der Waals surface area contributed by atoms with Gasteiger partial charge in [0.15, 0.2) is 0 Å². The van der Waals surface area contributed by atoms with E-state index in [0.29, 0.717) is 5.88 Å². The highest BCUT2D eigenvalue weighted by atomic mass is 31.0. The molecule has 0 aliphatic carbocycles. The third-order valence-electron chi connectivity index (χ3n) is 5.31. The van der Waals surface area contributed by atoms with Crippen LogP contribution in [0.15, 0.2) is 41.3 Å². The van der Waals surface area contributed by atoms with E-state index < -0.39 is 0 Å². The van der Waals surface area contributed by atoms with Crippen molar-refractivity contribution in [2.75, 3.05) is 0 Å². The molecule has 1 aliphatic rings. The summed E-state index contributed by atoms with van der Waals surface area (Å²) in [6, 6.07) is 9.99. The van der Waals surface area contributed by atoms with E-state index in [9.17, 15) is 0 Å². The summed E-state index contributed by atoms with van der Waals surface area (Å²) in [5.74, 6) is 0.566. The van der Waals surface area contributed by atoms with Crippen LogP contribution in [0.2, 0.25) is 0 Å². The van der Waals surface area contributed by atoms with Gasteiger partial charge in [0.2, 0.25) is 5.88 Å². The van der Waals surface area contributed by atoms with E-state index in [1.54, 1.807) is 12.4 Å². The summed E-state index contributed by atoms with van der Waals surface area (Å²) in [4.78, 5) is 0. The van der Waals surface area contributed by atoms with E-state index in [2.05, 4.69) is 70.4 Å². The van der Waals surface area contributed by atoms with Crippen molar-refractivity contribution in [2.45, 2.75) is 64.6 Å². The summed E-state index contributed by atoms with van der Waals surface area (Å²) in [6.45, 7) is 10.9. The van der Waals surface area contributed by atoms with Crippen LogP contribution in [-0.4, -0.2) is 33.6 Å². The number of nitrogens with zero attached hydrogens (tertiary/aromatic N) is 3. The highest BCUT2D eigenvalue weighted by molar-refractivity contribution is 7.15. The van der Waals surface area contributed by atoms with Gasteiger partial charge in [0.1, 0.15) is 6.10 Å². The highest BCUT2D eigenvalue weighted by Gasteiger charge is 2.38. The Morgan fingerprint density at radius 2 is 1.87 bits per heavy atom. The molecule has 3 rings (SSSR count). The van der Waals surface area contributed by atoms with Crippen molar-refractivity contribution >= 4 is 21.2 Å². The molecule has 1 unspecified atom stereocenters. The van der Waals surface area contributed by atoms with Gasteiger partial charge < -0.3 is 15.8 Å². The Bertz CT molecular complexity index is 935. The monoisotopic (exact) mass is 425 g/mol. The second kappa shape index (κ2) is 8.83. The average molecular weight is 426 g/mol. The van der Waals surface area contributed by atoms with Crippen LogP contribution in [0.5, 0.6) is 5.88 Å². The number of piperidine rings is 1. The molecule has 0 radical (unpaired) electrons. The molecule has 3 N–H and O–H groups in total. The van der Waals surface area contributed by atoms with Gasteiger partial charge in [-0.25, -0.2) is 0 Å². The fraction of sp³-hybridized carbons (Fsp3) is 0.435. The first-order chi connectivity index (χ1) is 14.1. The van der Waals surface area contributed by atoms with Crippen LogP contribution in [0.25, 0.3) is 16.8 Å². The Kier molecular flexibility index (Phi) is 6.59. The van der Waals surface area contributed by atoms with Crippen molar-refractivity contribution in [2.24, 2.45) is 10.5 Å². The molecule has 1 aromatic carbocycles. The molecule has 1 fully saturated rings. The van der Waals surface area contributed by atoms with Crippen LogP contribution in [-0.2, 0) is 0 Å². The number of rotatable bonds is 5. The van der Waals surface area contributed by atoms with Crippen LogP contribution >= 0.6 is 9.39 Å². The quantitative estimate of drug-likeness (QED) is 0.551. The molecule has 7 heteroatoms. The Labute approximate surface area is 181 Å². The number of nitrogens with two attached hydrogens (primary N) is 1. The first-order valence-corrected chi connectivity index (χ1v) is 10.7. The van der Waals surface area contributed by atoms with Crippen molar-refractivity contribution in [1.82, 2.24) is 15.5 Å². The molecule has 1 aromatic heterocycles. The third-order valence-corrected chi connectivity index (χ3v) is 5.46. The number of ether oxygens (including phenoxy) is 1. The average Bonchev–Trinajstić information content (AvgIpc) is 2.64. The largest absolute Gasteiger partial charge is 0.473 e. The van der Waals surface area contributed by atoms with E-state index in [1.807, 2.05) is 24.3 Å². The fourth-order valence-electron chi connectivity index (χ4n) is 4.43. The van der Waals surface area contributed by atoms with Crippen molar-refractivity contribution in [3.8, 4) is 17.1 Å². The van der Waals surface area contributed by atoms with Gasteiger partial charge in [0.05, 0.1) is 5.69 Å². The summed E-state index contributed by atoms with van der Waals surface area (Å²) in [7, 11) is 2.32. The second-order valence-corrected chi connectivity index (χ2v) is 9.53. The molecular formula is C23H32N5OP. The minimum absolute atomic E-state index is 0.0244. The Hall–Kier alpha value is -2.30. The lowest BCUT2D eigenvalue weighted by atomic mass is 9.81. The summed E-state index contributed by atoms with van der Waals surface area (Å²) in [6.07, 6.45) is 5.23. The maximum atomic E-state index is 6.19. The number of aryl methyl sites for hydroxylation is 1. The molecule has 0 bridgehead atoms. The van der Waals surface area contributed by atoms with Crippen LogP contribution in [0.3, 0.4) is 0 Å². The zero-order valence-corrected chi connectivity index (χ0v) is 19.6. The lowest BCUT2D eigenvalue weighted by Gasteiger charge is -2.46. The number of aromatic nitrogens is 2. The van der Waals surface area contributed by atoms with Crippen LogP contribution in [0.1, 0.15) is 51.7 Å². The molecule has 0 spiro atoms. The zero-order valence-electron chi connectivity index (χ0n) is 18.4. The number of benzene rings is 1. The van der Waals surface area contributed by atoms with Crippen molar-refractivity contribution in [3.63, 3.8) is 0 Å². The molecule has 2 heterocycles. The van der Waals surface area contributed by atoms with Crippen molar-refractivity contribution < 1.29 is 4.74 Å². The molecule has 1 aliphatic heterocycles. The SMILES string of the molecule is Cc1cc(C(C=NP)=CN)ccc1-c1ccc(OC2CC(C)(C)NC(C)(C)C2)nn1. The minimum Gasteiger partial charge on any atom is -0.473 e. The maximum absolute atomic E-state index is 6.19. The van der Waals surface area contributed by atoms with Crippen LogP contribution in [0.4, 0.5) is 0 Å². The number of hydrogen-bond donors (Lipinski definition) is 2. The van der Waals surface area contributed by atoms with Crippen LogP contribution in [0, 0.1) is 6.92 Å². The summed E-state index contributed by atoms with van der Waals surface area (Å²) in [5, 5.41) is 12.4. The summed E-state index contributed by atoms with van der Waals surface area (Å²) in [5.41, 5.74) is 10.6. The van der Waals surface area contributed by atoms with Gasteiger partial charge in [0, 0.05) is 53.5 Å². The molecule has 6 nitrogen and oxygen atoms in total. The molecule has 1 saturated heterocycles. The van der Waals surface area contributed by atoms with Gasteiger partial charge in [-0.3, -0.25) is 4.76 Å². The fourth-order valence-corrected chi connectivity index (χ4v) is 4.59. The van der Waals surface area contributed by atoms with Gasteiger partial charge in [-0.1, -0.05) is 18.2 Å². The predicted octanol–water partition coefficient (Wildman–Crippen LogP) is 4.30. The van der Waals surface area contributed by atoms with Gasteiger partial charge in [-0.2, -0.15) is 0 Å². The normalized spacial score (nSPS) is 19.2. The second-order valence-electron chi connectivity index (χ2n) is 9.23. The smallest absolute Gasteiger partial charge is 0.233 e. The first-order valence-electron chi connectivity index (χ1n) is 10.2. The zero-order chi connectivity index (χ0) is 21.9. The number of hydrogen-bond acceptors (Lipinski definition) is 6. The van der Waals surface area contributed by atoms with Gasteiger partial charge in [-0.05, 0) is 61.2 Å². The Morgan fingerprint density at radius 1 is 1.17 bits per heavy atom. The highest BCUT2D eigenvalue weighted by Crippen LogP contribution is 2.31. The van der Waals surface area contributed by atoms with Gasteiger partial charge in [-0.15, -0.1) is 10.2 Å². The third kappa shape index (κ3) is 5.44. The van der Waals surface area contributed by atoms with Crippen molar-refractivity contribution in [1.29, 1.82) is 0 Å². The lowest BCUT2D eigenvalue weighted by Crippen LogP contribution is -2.60. The van der Waals surface area contributed by atoms with Crippen LogP contribution < -0.4 is 15.8 Å². The maximum Gasteiger partial charge on any atom is 0.233 e. The predicted molar refractivity (Wildman–Crippen MR) is 128 cm³/mol. The molecule has 30 heavy (non-hydrogen) atoms. The number of allylic oxidation sites excluding steroid dienone is 1. The summed E-state index contributed by atoms with van der Waals surface area (Å²) >= 11 is 0.